The highest BCUT2D eigenvalue weighted by atomic mass is 16.3. The topological polar surface area (TPSA) is 32.3 Å². The highest BCUT2D eigenvalue weighted by Gasteiger charge is 2.27. The lowest BCUT2D eigenvalue weighted by molar-refractivity contribution is 0.284. The Morgan fingerprint density at radius 3 is 2.30 bits per heavy atom. The van der Waals surface area contributed by atoms with Gasteiger partial charge < -0.3 is 10.4 Å². The van der Waals surface area contributed by atoms with Gasteiger partial charge in [0.05, 0.1) is 0 Å². The highest BCUT2D eigenvalue weighted by Crippen LogP contribution is 2.37. The molecule has 2 nitrogen and oxygen atoms in total. The summed E-state index contributed by atoms with van der Waals surface area (Å²) >= 11 is 0. The lowest BCUT2D eigenvalue weighted by Gasteiger charge is -2.33. The van der Waals surface area contributed by atoms with E-state index in [1.54, 1.807) is 0 Å². The molecule has 0 amide bonds. The maximum atomic E-state index is 9.99. The van der Waals surface area contributed by atoms with Crippen LogP contribution in [-0.4, -0.2) is 11.7 Å². The Morgan fingerprint density at radius 2 is 1.75 bits per heavy atom. The molecule has 0 saturated carbocycles. The number of benzene rings is 1. The van der Waals surface area contributed by atoms with Gasteiger partial charge in [-0.25, -0.2) is 0 Å². The van der Waals surface area contributed by atoms with Gasteiger partial charge in [0, 0.05) is 12.1 Å². The monoisotopic (exact) mass is 277 g/mol. The van der Waals surface area contributed by atoms with E-state index in [0.717, 1.165) is 31.5 Å². The summed E-state index contributed by atoms with van der Waals surface area (Å²) in [5.41, 5.74) is 2.71. The minimum Gasteiger partial charge on any atom is -0.508 e. The number of rotatable bonds is 6. The molecule has 0 bridgehead atoms. The minimum absolute atomic E-state index is 0.117. The van der Waals surface area contributed by atoms with E-state index in [1.807, 2.05) is 6.07 Å². The van der Waals surface area contributed by atoms with Crippen molar-refractivity contribution in [3.8, 4) is 5.75 Å². The zero-order valence-corrected chi connectivity index (χ0v) is 14.0. The first-order valence-corrected chi connectivity index (χ1v) is 7.69. The van der Waals surface area contributed by atoms with Crippen LogP contribution in [0, 0.1) is 5.41 Å². The second kappa shape index (κ2) is 6.62. The molecule has 20 heavy (non-hydrogen) atoms. The summed E-state index contributed by atoms with van der Waals surface area (Å²) in [7, 11) is 0. The summed E-state index contributed by atoms with van der Waals surface area (Å²) in [4.78, 5) is 0. The van der Waals surface area contributed by atoms with Crippen molar-refractivity contribution >= 4 is 0 Å². The maximum Gasteiger partial charge on any atom is 0.120 e. The van der Waals surface area contributed by atoms with E-state index in [2.05, 4.69) is 59.0 Å². The van der Waals surface area contributed by atoms with Crippen molar-refractivity contribution < 1.29 is 5.11 Å². The number of hydrogen-bond acceptors (Lipinski definition) is 2. The molecular weight excluding hydrogens is 246 g/mol. The number of nitrogens with one attached hydrogen (secondary N) is 1. The SMILES string of the molecule is CCCNCc1cc(C(C)(C)CC(C)(C)C)ccc1O. The first-order valence-electron chi connectivity index (χ1n) is 7.69. The third kappa shape index (κ3) is 5.16. The standard InChI is InChI=1S/C18H31NO/c1-7-10-19-12-14-11-15(8-9-16(14)20)18(5,6)13-17(2,3)4/h8-9,11,19-20H,7,10,12-13H2,1-6H3. The van der Waals surface area contributed by atoms with Gasteiger partial charge in [0.1, 0.15) is 5.75 Å². The van der Waals surface area contributed by atoms with Gasteiger partial charge in [0.2, 0.25) is 0 Å². The van der Waals surface area contributed by atoms with E-state index < -0.39 is 0 Å². The van der Waals surface area contributed by atoms with Gasteiger partial charge in [0.25, 0.3) is 0 Å². The van der Waals surface area contributed by atoms with Crippen molar-refractivity contribution in [2.45, 2.75) is 66.3 Å². The molecule has 2 heteroatoms. The first-order chi connectivity index (χ1) is 9.15. The molecule has 0 spiro atoms. The molecule has 114 valence electrons. The summed E-state index contributed by atoms with van der Waals surface area (Å²) in [6.07, 6.45) is 2.22. The molecule has 0 fully saturated rings. The van der Waals surface area contributed by atoms with E-state index in [4.69, 9.17) is 0 Å². The molecule has 0 aliphatic carbocycles. The second-order valence-corrected chi connectivity index (χ2v) is 7.64. The molecular formula is C18H31NO. The Hall–Kier alpha value is -1.02. The van der Waals surface area contributed by atoms with Crippen LogP contribution >= 0.6 is 0 Å². The predicted molar refractivity (Wildman–Crippen MR) is 87.2 cm³/mol. The largest absolute Gasteiger partial charge is 0.508 e. The van der Waals surface area contributed by atoms with Crippen molar-refractivity contribution in [2.24, 2.45) is 5.41 Å². The summed E-state index contributed by atoms with van der Waals surface area (Å²) in [5, 5.41) is 13.4. The Kier molecular flexibility index (Phi) is 5.64. The van der Waals surface area contributed by atoms with Crippen LogP contribution in [-0.2, 0) is 12.0 Å². The van der Waals surface area contributed by atoms with Crippen LogP contribution in [0.5, 0.6) is 5.75 Å². The van der Waals surface area contributed by atoms with Crippen molar-refractivity contribution in [3.05, 3.63) is 29.3 Å². The molecule has 0 saturated heterocycles. The van der Waals surface area contributed by atoms with Crippen molar-refractivity contribution in [3.63, 3.8) is 0 Å². The van der Waals surface area contributed by atoms with Crippen molar-refractivity contribution in [1.82, 2.24) is 5.32 Å². The van der Waals surface area contributed by atoms with Crippen LogP contribution in [0.1, 0.15) is 65.5 Å². The van der Waals surface area contributed by atoms with Gasteiger partial charge in [-0.1, -0.05) is 53.7 Å². The fourth-order valence-corrected chi connectivity index (χ4v) is 2.98. The molecule has 0 aromatic heterocycles. The van der Waals surface area contributed by atoms with Gasteiger partial charge >= 0.3 is 0 Å². The molecule has 0 radical (unpaired) electrons. The van der Waals surface area contributed by atoms with Crippen LogP contribution in [0.15, 0.2) is 18.2 Å². The highest BCUT2D eigenvalue weighted by molar-refractivity contribution is 5.39. The number of aromatic hydroxyl groups is 1. The van der Waals surface area contributed by atoms with Crippen LogP contribution in [0.25, 0.3) is 0 Å². The Bertz CT molecular complexity index is 430. The summed E-state index contributed by atoms with van der Waals surface area (Å²) in [6, 6.07) is 6.05. The quantitative estimate of drug-likeness (QED) is 0.744. The average molecular weight is 277 g/mol. The zero-order valence-electron chi connectivity index (χ0n) is 14.0. The van der Waals surface area contributed by atoms with E-state index in [1.165, 1.54) is 5.56 Å². The molecule has 1 aromatic rings. The summed E-state index contributed by atoms with van der Waals surface area (Å²) in [6.45, 7) is 15.3. The van der Waals surface area contributed by atoms with Crippen LogP contribution in [0.4, 0.5) is 0 Å². The molecule has 0 aliphatic heterocycles. The predicted octanol–water partition coefficient (Wildman–Crippen LogP) is 4.61. The first kappa shape index (κ1) is 17.0. The van der Waals surface area contributed by atoms with Gasteiger partial charge in [-0.3, -0.25) is 0 Å². The van der Waals surface area contributed by atoms with E-state index in [0.29, 0.717) is 11.2 Å². The molecule has 0 aliphatic rings. The normalized spacial score (nSPS) is 12.7. The minimum atomic E-state index is 0.117. The average Bonchev–Trinajstić information content (AvgIpc) is 2.28. The van der Waals surface area contributed by atoms with Crippen molar-refractivity contribution in [2.75, 3.05) is 6.54 Å². The second-order valence-electron chi connectivity index (χ2n) is 7.64. The maximum absolute atomic E-state index is 9.99. The third-order valence-corrected chi connectivity index (χ3v) is 3.58. The molecule has 0 heterocycles. The lowest BCUT2D eigenvalue weighted by atomic mass is 9.72. The Morgan fingerprint density at radius 1 is 1.10 bits per heavy atom. The van der Waals surface area contributed by atoms with Crippen molar-refractivity contribution in [1.29, 1.82) is 0 Å². The molecule has 1 aromatic carbocycles. The molecule has 1 rings (SSSR count). The van der Waals surface area contributed by atoms with Crippen LogP contribution < -0.4 is 5.32 Å². The number of phenolic OH excluding ortho intramolecular Hbond substituents is 1. The van der Waals surface area contributed by atoms with E-state index in [-0.39, 0.29) is 5.41 Å². The molecule has 0 atom stereocenters. The Balaban J connectivity index is 2.93. The fraction of sp³-hybridized carbons (Fsp3) is 0.667. The van der Waals surface area contributed by atoms with Gasteiger partial charge in [0.15, 0.2) is 0 Å². The van der Waals surface area contributed by atoms with Gasteiger partial charge in [-0.15, -0.1) is 0 Å². The van der Waals surface area contributed by atoms with Crippen LogP contribution in [0.3, 0.4) is 0 Å². The third-order valence-electron chi connectivity index (χ3n) is 3.58. The van der Waals surface area contributed by atoms with Gasteiger partial charge in [-0.2, -0.15) is 0 Å². The zero-order chi connectivity index (χ0) is 15.4. The molecule has 0 unspecified atom stereocenters. The lowest BCUT2D eigenvalue weighted by Crippen LogP contribution is -2.25. The van der Waals surface area contributed by atoms with E-state index >= 15 is 0 Å². The molecule has 2 N–H and O–H groups in total. The summed E-state index contributed by atoms with van der Waals surface area (Å²) < 4.78 is 0. The summed E-state index contributed by atoms with van der Waals surface area (Å²) in [5.74, 6) is 0.393. The van der Waals surface area contributed by atoms with Gasteiger partial charge in [-0.05, 0) is 41.8 Å². The van der Waals surface area contributed by atoms with E-state index in [9.17, 15) is 5.11 Å². The fourth-order valence-electron chi connectivity index (χ4n) is 2.98. The van der Waals surface area contributed by atoms with Crippen LogP contribution in [0.2, 0.25) is 0 Å². The number of phenols is 1. The Labute approximate surface area is 124 Å². The smallest absolute Gasteiger partial charge is 0.120 e. The number of hydrogen-bond donors (Lipinski definition) is 2.